The first-order valence-corrected chi connectivity index (χ1v) is 6.74. The SMILES string of the molecule is CCCNCCNCc1ccc(C(C)C)cc1. The smallest absolute Gasteiger partial charge is 0.0206 e. The van der Waals surface area contributed by atoms with Crippen LogP contribution in [0.15, 0.2) is 24.3 Å². The Labute approximate surface area is 106 Å². The van der Waals surface area contributed by atoms with Crippen molar-refractivity contribution in [1.82, 2.24) is 10.6 Å². The van der Waals surface area contributed by atoms with Gasteiger partial charge in [0.2, 0.25) is 0 Å². The van der Waals surface area contributed by atoms with Crippen LogP contribution in [0.3, 0.4) is 0 Å². The molecule has 0 aromatic heterocycles. The highest BCUT2D eigenvalue weighted by Gasteiger charge is 1.98. The van der Waals surface area contributed by atoms with Gasteiger partial charge in [-0.3, -0.25) is 0 Å². The molecule has 1 aromatic rings. The highest BCUT2D eigenvalue weighted by atomic mass is 14.9. The Morgan fingerprint density at radius 3 is 2.18 bits per heavy atom. The minimum atomic E-state index is 0.621. The summed E-state index contributed by atoms with van der Waals surface area (Å²) in [6.07, 6.45) is 1.21. The molecule has 0 atom stereocenters. The Balaban J connectivity index is 2.19. The highest BCUT2D eigenvalue weighted by Crippen LogP contribution is 2.14. The monoisotopic (exact) mass is 234 g/mol. The molecule has 0 saturated heterocycles. The van der Waals surface area contributed by atoms with Gasteiger partial charge in [0.1, 0.15) is 0 Å². The topological polar surface area (TPSA) is 24.1 Å². The van der Waals surface area contributed by atoms with Gasteiger partial charge in [-0.15, -0.1) is 0 Å². The van der Waals surface area contributed by atoms with E-state index in [0.29, 0.717) is 5.92 Å². The molecular weight excluding hydrogens is 208 g/mol. The normalized spacial score (nSPS) is 11.1. The lowest BCUT2D eigenvalue weighted by Gasteiger charge is -2.08. The van der Waals surface area contributed by atoms with Crippen LogP contribution in [0.5, 0.6) is 0 Å². The molecular formula is C15H26N2. The molecule has 0 amide bonds. The highest BCUT2D eigenvalue weighted by molar-refractivity contribution is 5.24. The van der Waals surface area contributed by atoms with Crippen LogP contribution in [-0.2, 0) is 6.54 Å². The first kappa shape index (κ1) is 14.2. The maximum atomic E-state index is 3.45. The van der Waals surface area contributed by atoms with Gasteiger partial charge in [0.05, 0.1) is 0 Å². The van der Waals surface area contributed by atoms with E-state index in [0.717, 1.165) is 26.2 Å². The van der Waals surface area contributed by atoms with Crippen molar-refractivity contribution in [2.75, 3.05) is 19.6 Å². The fourth-order valence-corrected chi connectivity index (χ4v) is 1.73. The molecule has 0 unspecified atom stereocenters. The first-order valence-electron chi connectivity index (χ1n) is 6.74. The van der Waals surface area contributed by atoms with Gasteiger partial charge in [0, 0.05) is 19.6 Å². The van der Waals surface area contributed by atoms with E-state index in [2.05, 4.69) is 55.7 Å². The van der Waals surface area contributed by atoms with Crippen molar-refractivity contribution in [3.05, 3.63) is 35.4 Å². The predicted octanol–water partition coefficient (Wildman–Crippen LogP) is 2.90. The molecule has 2 N–H and O–H groups in total. The predicted molar refractivity (Wildman–Crippen MR) is 75.4 cm³/mol. The lowest BCUT2D eigenvalue weighted by molar-refractivity contribution is 0.606. The molecule has 0 fully saturated rings. The third-order valence-corrected chi connectivity index (χ3v) is 2.88. The summed E-state index contributed by atoms with van der Waals surface area (Å²) in [5, 5.41) is 6.83. The number of hydrogen-bond donors (Lipinski definition) is 2. The van der Waals surface area contributed by atoms with E-state index < -0.39 is 0 Å². The largest absolute Gasteiger partial charge is 0.315 e. The molecule has 2 heteroatoms. The van der Waals surface area contributed by atoms with Gasteiger partial charge < -0.3 is 10.6 Å². The summed E-state index contributed by atoms with van der Waals surface area (Å²) in [6.45, 7) is 10.8. The van der Waals surface area contributed by atoms with Crippen LogP contribution < -0.4 is 10.6 Å². The van der Waals surface area contributed by atoms with E-state index in [4.69, 9.17) is 0 Å². The molecule has 1 aromatic carbocycles. The summed E-state index contributed by atoms with van der Waals surface area (Å²) in [6, 6.07) is 8.91. The number of benzene rings is 1. The average molecular weight is 234 g/mol. The second kappa shape index (κ2) is 8.26. The molecule has 2 nitrogen and oxygen atoms in total. The zero-order valence-electron chi connectivity index (χ0n) is 11.4. The summed E-state index contributed by atoms with van der Waals surface area (Å²) < 4.78 is 0. The summed E-state index contributed by atoms with van der Waals surface area (Å²) in [5.74, 6) is 0.621. The fourth-order valence-electron chi connectivity index (χ4n) is 1.73. The molecule has 0 spiro atoms. The lowest BCUT2D eigenvalue weighted by Crippen LogP contribution is -2.27. The minimum absolute atomic E-state index is 0.621. The van der Waals surface area contributed by atoms with Crippen LogP contribution in [0, 0.1) is 0 Å². The summed E-state index contributed by atoms with van der Waals surface area (Å²) >= 11 is 0. The zero-order valence-corrected chi connectivity index (χ0v) is 11.4. The van der Waals surface area contributed by atoms with E-state index in [-0.39, 0.29) is 0 Å². The molecule has 0 radical (unpaired) electrons. The molecule has 0 aliphatic rings. The second-order valence-electron chi connectivity index (χ2n) is 4.82. The third kappa shape index (κ3) is 5.85. The van der Waals surface area contributed by atoms with Gasteiger partial charge in [-0.1, -0.05) is 45.0 Å². The zero-order chi connectivity index (χ0) is 12.5. The molecule has 0 saturated carbocycles. The van der Waals surface area contributed by atoms with Crippen molar-refractivity contribution in [3.63, 3.8) is 0 Å². The summed E-state index contributed by atoms with van der Waals surface area (Å²) in [7, 11) is 0. The van der Waals surface area contributed by atoms with Crippen molar-refractivity contribution in [2.45, 2.75) is 39.7 Å². The molecule has 96 valence electrons. The van der Waals surface area contributed by atoms with Crippen LogP contribution in [0.1, 0.15) is 44.2 Å². The lowest BCUT2D eigenvalue weighted by atomic mass is 10.0. The molecule has 17 heavy (non-hydrogen) atoms. The maximum absolute atomic E-state index is 3.45. The van der Waals surface area contributed by atoms with Crippen LogP contribution in [0.4, 0.5) is 0 Å². The van der Waals surface area contributed by atoms with Crippen LogP contribution in [0.25, 0.3) is 0 Å². The Bertz CT molecular complexity index is 290. The molecule has 0 aliphatic heterocycles. The van der Waals surface area contributed by atoms with E-state index in [1.807, 2.05) is 0 Å². The Kier molecular flexibility index (Phi) is 6.90. The number of hydrogen-bond acceptors (Lipinski definition) is 2. The minimum Gasteiger partial charge on any atom is -0.315 e. The van der Waals surface area contributed by atoms with Gasteiger partial charge in [0.25, 0.3) is 0 Å². The second-order valence-corrected chi connectivity index (χ2v) is 4.82. The van der Waals surface area contributed by atoms with Crippen molar-refractivity contribution in [1.29, 1.82) is 0 Å². The van der Waals surface area contributed by atoms with Gasteiger partial charge in [0.15, 0.2) is 0 Å². The van der Waals surface area contributed by atoms with Gasteiger partial charge >= 0.3 is 0 Å². The molecule has 1 rings (SSSR count). The van der Waals surface area contributed by atoms with E-state index in [1.165, 1.54) is 17.5 Å². The summed E-state index contributed by atoms with van der Waals surface area (Å²) in [4.78, 5) is 0. The summed E-state index contributed by atoms with van der Waals surface area (Å²) in [5.41, 5.74) is 2.78. The fraction of sp³-hybridized carbons (Fsp3) is 0.600. The first-order chi connectivity index (χ1) is 8.24. The van der Waals surface area contributed by atoms with Crippen LogP contribution >= 0.6 is 0 Å². The van der Waals surface area contributed by atoms with Gasteiger partial charge in [-0.25, -0.2) is 0 Å². The van der Waals surface area contributed by atoms with Crippen LogP contribution in [-0.4, -0.2) is 19.6 Å². The van der Waals surface area contributed by atoms with Crippen molar-refractivity contribution >= 4 is 0 Å². The molecule has 0 heterocycles. The molecule has 0 bridgehead atoms. The third-order valence-electron chi connectivity index (χ3n) is 2.88. The van der Waals surface area contributed by atoms with Gasteiger partial charge in [-0.2, -0.15) is 0 Å². The van der Waals surface area contributed by atoms with Crippen molar-refractivity contribution in [2.24, 2.45) is 0 Å². The molecule has 0 aliphatic carbocycles. The maximum Gasteiger partial charge on any atom is 0.0206 e. The van der Waals surface area contributed by atoms with Crippen molar-refractivity contribution < 1.29 is 0 Å². The van der Waals surface area contributed by atoms with E-state index in [9.17, 15) is 0 Å². The van der Waals surface area contributed by atoms with Crippen LogP contribution in [0.2, 0.25) is 0 Å². The quantitative estimate of drug-likeness (QED) is 0.676. The Morgan fingerprint density at radius 1 is 0.941 bits per heavy atom. The number of rotatable bonds is 8. The van der Waals surface area contributed by atoms with Crippen molar-refractivity contribution in [3.8, 4) is 0 Å². The average Bonchev–Trinajstić information content (AvgIpc) is 2.34. The van der Waals surface area contributed by atoms with E-state index >= 15 is 0 Å². The Hall–Kier alpha value is -0.860. The number of nitrogens with one attached hydrogen (secondary N) is 2. The standard InChI is InChI=1S/C15H26N2/c1-4-9-16-10-11-17-12-14-5-7-15(8-6-14)13(2)3/h5-8,13,16-17H,4,9-12H2,1-3H3. The van der Waals surface area contributed by atoms with Gasteiger partial charge in [-0.05, 0) is 30.0 Å². The Morgan fingerprint density at radius 2 is 1.59 bits per heavy atom. The van der Waals surface area contributed by atoms with E-state index in [1.54, 1.807) is 0 Å².